The number of anilines is 1. The number of amides is 2. The second-order valence-electron chi connectivity index (χ2n) is 5.52. The lowest BCUT2D eigenvalue weighted by Crippen LogP contribution is -3.17. The lowest BCUT2D eigenvalue weighted by Gasteiger charge is -2.27. The van der Waals surface area contributed by atoms with Gasteiger partial charge in [0.05, 0.1) is 25.2 Å². The molecule has 0 bridgehead atoms. The molecular formula is C15H18FN2O2+. The summed E-state index contributed by atoms with van der Waals surface area (Å²) in [6.45, 7) is 1.92. The highest BCUT2D eigenvalue weighted by Gasteiger charge is 2.45. The van der Waals surface area contributed by atoms with Crippen molar-refractivity contribution >= 4 is 17.5 Å². The zero-order valence-electron chi connectivity index (χ0n) is 11.3. The predicted molar refractivity (Wildman–Crippen MR) is 71.8 cm³/mol. The first-order chi connectivity index (χ1) is 9.66. The van der Waals surface area contributed by atoms with E-state index in [2.05, 4.69) is 0 Å². The summed E-state index contributed by atoms with van der Waals surface area (Å²) in [5.74, 6) is -0.686. The normalized spacial score (nSPS) is 24.4. The summed E-state index contributed by atoms with van der Waals surface area (Å²) in [6.07, 6.45) is 3.71. The average Bonchev–Trinajstić information content (AvgIpc) is 2.76. The van der Waals surface area contributed by atoms with Crippen LogP contribution >= 0.6 is 0 Å². The van der Waals surface area contributed by atoms with E-state index >= 15 is 0 Å². The van der Waals surface area contributed by atoms with E-state index in [1.54, 1.807) is 0 Å². The minimum atomic E-state index is -0.369. The first kappa shape index (κ1) is 13.2. The van der Waals surface area contributed by atoms with Crippen LogP contribution < -0.4 is 9.80 Å². The van der Waals surface area contributed by atoms with Crippen molar-refractivity contribution < 1.29 is 18.9 Å². The van der Waals surface area contributed by atoms with E-state index in [4.69, 9.17) is 0 Å². The maximum absolute atomic E-state index is 12.9. The highest BCUT2D eigenvalue weighted by Crippen LogP contribution is 2.22. The van der Waals surface area contributed by atoms with Gasteiger partial charge in [-0.05, 0) is 43.5 Å². The van der Waals surface area contributed by atoms with Crippen molar-refractivity contribution in [2.45, 2.75) is 31.7 Å². The van der Waals surface area contributed by atoms with Gasteiger partial charge in [0, 0.05) is 0 Å². The molecule has 5 heteroatoms. The number of benzene rings is 1. The van der Waals surface area contributed by atoms with E-state index in [0.29, 0.717) is 5.69 Å². The molecule has 2 aliphatic heterocycles. The summed E-state index contributed by atoms with van der Waals surface area (Å²) in [4.78, 5) is 27.0. The number of hydrogen-bond acceptors (Lipinski definition) is 2. The number of nitrogens with one attached hydrogen (secondary N) is 1. The third kappa shape index (κ3) is 2.33. The van der Waals surface area contributed by atoms with Gasteiger partial charge >= 0.3 is 0 Å². The Labute approximate surface area is 117 Å². The standard InChI is InChI=1S/C15H17FN2O2/c16-11-4-6-12(7-5-11)18-14(19)10-13(15(18)20)17-8-2-1-3-9-17/h4-7,13H,1-3,8-10H2/p+1/t13-/m0/s1. The molecular weight excluding hydrogens is 259 g/mol. The Balaban J connectivity index is 1.81. The Morgan fingerprint density at radius 2 is 1.70 bits per heavy atom. The highest BCUT2D eigenvalue weighted by atomic mass is 19.1. The number of likely N-dealkylation sites (tertiary alicyclic amines) is 1. The zero-order chi connectivity index (χ0) is 14.1. The van der Waals surface area contributed by atoms with Crippen molar-refractivity contribution in [1.82, 2.24) is 0 Å². The van der Waals surface area contributed by atoms with Crippen LogP contribution in [0.3, 0.4) is 0 Å². The fourth-order valence-electron chi connectivity index (χ4n) is 3.17. The van der Waals surface area contributed by atoms with Crippen molar-refractivity contribution in [2.75, 3.05) is 18.0 Å². The van der Waals surface area contributed by atoms with Gasteiger partial charge in [-0.15, -0.1) is 0 Å². The van der Waals surface area contributed by atoms with Gasteiger partial charge in [0.15, 0.2) is 6.04 Å². The summed E-state index contributed by atoms with van der Waals surface area (Å²) in [5, 5.41) is 0. The Kier molecular flexibility index (Phi) is 3.53. The molecule has 4 nitrogen and oxygen atoms in total. The highest BCUT2D eigenvalue weighted by molar-refractivity contribution is 6.21. The van der Waals surface area contributed by atoms with E-state index in [-0.39, 0.29) is 30.1 Å². The number of piperidine rings is 1. The second kappa shape index (κ2) is 5.32. The smallest absolute Gasteiger partial charge is 0.292 e. The van der Waals surface area contributed by atoms with Gasteiger partial charge in [0.25, 0.3) is 5.91 Å². The third-order valence-corrected chi connectivity index (χ3v) is 4.22. The van der Waals surface area contributed by atoms with Gasteiger partial charge in [-0.2, -0.15) is 0 Å². The van der Waals surface area contributed by atoms with Crippen LogP contribution in [0.2, 0.25) is 0 Å². The van der Waals surface area contributed by atoms with Crippen LogP contribution in [0.5, 0.6) is 0 Å². The van der Waals surface area contributed by atoms with Crippen LogP contribution in [-0.2, 0) is 9.59 Å². The fourth-order valence-corrected chi connectivity index (χ4v) is 3.17. The van der Waals surface area contributed by atoms with Gasteiger partial charge in [-0.1, -0.05) is 0 Å². The van der Waals surface area contributed by atoms with E-state index in [1.165, 1.54) is 40.5 Å². The van der Waals surface area contributed by atoms with Crippen LogP contribution in [-0.4, -0.2) is 30.9 Å². The number of halogens is 1. The molecule has 0 saturated carbocycles. The van der Waals surface area contributed by atoms with Crippen molar-refractivity contribution in [2.24, 2.45) is 0 Å². The van der Waals surface area contributed by atoms with Crippen molar-refractivity contribution in [1.29, 1.82) is 0 Å². The molecule has 1 aromatic rings. The van der Waals surface area contributed by atoms with Crippen molar-refractivity contribution in [3.05, 3.63) is 30.1 Å². The van der Waals surface area contributed by atoms with Gasteiger partial charge in [0.1, 0.15) is 5.82 Å². The molecule has 1 atom stereocenters. The number of hydrogen-bond donors (Lipinski definition) is 1. The Hall–Kier alpha value is -1.75. The monoisotopic (exact) mass is 277 g/mol. The van der Waals surface area contributed by atoms with Crippen LogP contribution in [0.25, 0.3) is 0 Å². The lowest BCUT2D eigenvalue weighted by molar-refractivity contribution is -0.919. The van der Waals surface area contributed by atoms with Gasteiger partial charge < -0.3 is 4.90 Å². The summed E-state index contributed by atoms with van der Waals surface area (Å²) in [7, 11) is 0. The molecule has 0 unspecified atom stereocenters. The summed E-state index contributed by atoms with van der Waals surface area (Å²) >= 11 is 0. The molecule has 106 valence electrons. The maximum atomic E-state index is 12.9. The minimum Gasteiger partial charge on any atom is -0.324 e. The molecule has 2 fully saturated rings. The molecule has 0 aromatic heterocycles. The zero-order valence-corrected chi connectivity index (χ0v) is 11.3. The van der Waals surface area contributed by atoms with E-state index in [9.17, 15) is 14.0 Å². The molecule has 20 heavy (non-hydrogen) atoms. The van der Waals surface area contributed by atoms with Gasteiger partial charge in [0.2, 0.25) is 5.91 Å². The van der Waals surface area contributed by atoms with Crippen LogP contribution in [0.15, 0.2) is 24.3 Å². The molecule has 0 aliphatic carbocycles. The Bertz CT molecular complexity index is 523. The number of nitrogens with zero attached hydrogens (tertiary/aromatic N) is 1. The van der Waals surface area contributed by atoms with Crippen LogP contribution in [0.4, 0.5) is 10.1 Å². The molecule has 0 radical (unpaired) electrons. The molecule has 1 aromatic carbocycles. The Morgan fingerprint density at radius 3 is 2.35 bits per heavy atom. The Morgan fingerprint density at radius 1 is 1.05 bits per heavy atom. The average molecular weight is 277 g/mol. The predicted octanol–water partition coefficient (Wildman–Crippen LogP) is 0.526. The molecule has 2 aliphatic rings. The first-order valence-electron chi connectivity index (χ1n) is 7.14. The first-order valence-corrected chi connectivity index (χ1v) is 7.14. The topological polar surface area (TPSA) is 41.8 Å². The van der Waals surface area contributed by atoms with E-state index in [1.807, 2.05) is 0 Å². The molecule has 1 N–H and O–H groups in total. The van der Waals surface area contributed by atoms with Gasteiger partial charge in [-0.3, -0.25) is 9.59 Å². The van der Waals surface area contributed by atoms with Gasteiger partial charge in [-0.25, -0.2) is 9.29 Å². The second-order valence-corrected chi connectivity index (χ2v) is 5.52. The summed E-state index contributed by atoms with van der Waals surface area (Å²) < 4.78 is 12.9. The summed E-state index contributed by atoms with van der Waals surface area (Å²) in [5.41, 5.74) is 0.473. The SMILES string of the molecule is O=C1C[C@H]([NH+]2CCCCC2)C(=O)N1c1ccc(F)cc1. The number of rotatable bonds is 2. The van der Waals surface area contributed by atoms with E-state index in [0.717, 1.165) is 25.9 Å². The van der Waals surface area contributed by atoms with Crippen molar-refractivity contribution in [3.8, 4) is 0 Å². The van der Waals surface area contributed by atoms with Crippen LogP contribution in [0.1, 0.15) is 25.7 Å². The number of carbonyl (C=O) groups is 2. The number of quaternary nitrogens is 1. The van der Waals surface area contributed by atoms with Crippen LogP contribution in [0, 0.1) is 5.82 Å². The number of carbonyl (C=O) groups excluding carboxylic acids is 2. The lowest BCUT2D eigenvalue weighted by atomic mass is 10.1. The fraction of sp³-hybridized carbons (Fsp3) is 0.467. The molecule has 0 spiro atoms. The molecule has 2 amide bonds. The third-order valence-electron chi connectivity index (χ3n) is 4.22. The molecule has 2 heterocycles. The quantitative estimate of drug-likeness (QED) is 0.801. The molecule has 3 rings (SSSR count). The minimum absolute atomic E-state index is 0.140. The maximum Gasteiger partial charge on any atom is 0.292 e. The van der Waals surface area contributed by atoms with E-state index < -0.39 is 0 Å². The number of imide groups is 1. The van der Waals surface area contributed by atoms with Crippen molar-refractivity contribution in [3.63, 3.8) is 0 Å². The summed E-state index contributed by atoms with van der Waals surface area (Å²) in [6, 6.07) is 5.26. The largest absolute Gasteiger partial charge is 0.324 e. The molecule has 2 saturated heterocycles.